The van der Waals surface area contributed by atoms with E-state index >= 15 is 0 Å². The van der Waals surface area contributed by atoms with E-state index in [9.17, 15) is 9.59 Å². The molecule has 0 unspecified atom stereocenters. The van der Waals surface area contributed by atoms with Gasteiger partial charge < -0.3 is 10.2 Å². The summed E-state index contributed by atoms with van der Waals surface area (Å²) < 4.78 is 0. The average Bonchev–Trinajstić information content (AvgIpc) is 2.69. The van der Waals surface area contributed by atoms with E-state index in [1.54, 1.807) is 31.2 Å². The van der Waals surface area contributed by atoms with Crippen LogP contribution in [0.2, 0.25) is 5.02 Å². The third-order valence-electron chi connectivity index (χ3n) is 4.99. The Bertz CT molecular complexity index is 797. The van der Waals surface area contributed by atoms with E-state index in [4.69, 9.17) is 11.6 Å². The van der Waals surface area contributed by atoms with Crippen LogP contribution in [0.15, 0.2) is 48.5 Å². The lowest BCUT2D eigenvalue weighted by Crippen LogP contribution is -2.52. The highest BCUT2D eigenvalue weighted by Gasteiger charge is 2.25. The van der Waals surface area contributed by atoms with Gasteiger partial charge in [0.25, 0.3) is 0 Å². The van der Waals surface area contributed by atoms with Crippen molar-refractivity contribution in [3.63, 3.8) is 0 Å². The monoisotopic (exact) mass is 385 g/mol. The first kappa shape index (κ1) is 19.4. The number of nitrogens with one attached hydrogen (secondary N) is 1. The fourth-order valence-electron chi connectivity index (χ4n) is 3.22. The quantitative estimate of drug-likeness (QED) is 0.797. The van der Waals surface area contributed by atoms with E-state index in [1.807, 2.05) is 31.2 Å². The van der Waals surface area contributed by atoms with Crippen LogP contribution in [0.1, 0.15) is 24.2 Å². The number of rotatable bonds is 5. The molecule has 0 radical (unpaired) electrons. The largest absolute Gasteiger partial charge is 0.369 e. The van der Waals surface area contributed by atoms with Crippen LogP contribution in [0.4, 0.5) is 11.4 Å². The predicted octanol–water partition coefficient (Wildman–Crippen LogP) is 3.69. The molecular weight excluding hydrogens is 362 g/mol. The maximum Gasteiger partial charge on any atom is 0.241 e. The molecule has 5 nitrogen and oxygen atoms in total. The highest BCUT2D eigenvalue weighted by Crippen LogP contribution is 2.19. The Hall–Kier alpha value is -2.37. The smallest absolute Gasteiger partial charge is 0.241 e. The lowest BCUT2D eigenvalue weighted by Gasteiger charge is -2.38. The number of hydrogen-bond donors (Lipinski definition) is 1. The van der Waals surface area contributed by atoms with E-state index in [0.29, 0.717) is 5.02 Å². The van der Waals surface area contributed by atoms with E-state index in [0.717, 1.165) is 43.1 Å². The van der Waals surface area contributed by atoms with Crippen molar-refractivity contribution in [1.82, 2.24) is 4.90 Å². The van der Waals surface area contributed by atoms with Gasteiger partial charge in [-0.2, -0.15) is 0 Å². The van der Waals surface area contributed by atoms with Gasteiger partial charge in [0.05, 0.1) is 6.04 Å². The first-order chi connectivity index (χ1) is 12.9. The van der Waals surface area contributed by atoms with Crippen LogP contribution >= 0.6 is 11.6 Å². The molecule has 27 heavy (non-hydrogen) atoms. The predicted molar refractivity (Wildman–Crippen MR) is 110 cm³/mol. The Morgan fingerprint density at radius 2 is 1.56 bits per heavy atom. The summed E-state index contributed by atoms with van der Waals surface area (Å²) in [7, 11) is 0. The molecule has 2 aromatic rings. The number of anilines is 2. The topological polar surface area (TPSA) is 52.7 Å². The van der Waals surface area contributed by atoms with Crippen molar-refractivity contribution in [2.24, 2.45) is 0 Å². The summed E-state index contributed by atoms with van der Waals surface area (Å²) in [5, 5.41) is 3.59. The molecule has 1 saturated heterocycles. The molecular formula is C21H24ClN3O2. The number of Topliss-reactive ketones (excluding diaryl/α,β-unsaturated/α-hetero) is 1. The van der Waals surface area contributed by atoms with Gasteiger partial charge in [-0.25, -0.2) is 0 Å². The van der Waals surface area contributed by atoms with Crippen molar-refractivity contribution in [3.05, 3.63) is 59.1 Å². The summed E-state index contributed by atoms with van der Waals surface area (Å²) in [5.74, 6) is 0.0588. The molecule has 142 valence electrons. The summed E-state index contributed by atoms with van der Waals surface area (Å²) in [6.07, 6.45) is 0. The minimum Gasteiger partial charge on any atom is -0.369 e. The molecule has 0 bridgehead atoms. The SMILES string of the molecule is CC(=O)c1ccc(N2CCN([C@@H](C)C(=O)Nc3ccc(Cl)cc3)CC2)cc1. The minimum atomic E-state index is -0.206. The number of piperazine rings is 1. The zero-order valence-corrected chi connectivity index (χ0v) is 16.4. The zero-order chi connectivity index (χ0) is 19.4. The Balaban J connectivity index is 1.53. The highest BCUT2D eigenvalue weighted by molar-refractivity contribution is 6.30. The van der Waals surface area contributed by atoms with Gasteiger partial charge in [-0.05, 0) is 62.4 Å². The average molecular weight is 386 g/mol. The van der Waals surface area contributed by atoms with Gasteiger partial charge in [-0.1, -0.05) is 11.6 Å². The minimum absolute atomic E-state index is 0.0171. The third-order valence-corrected chi connectivity index (χ3v) is 5.24. The van der Waals surface area contributed by atoms with Crippen LogP contribution in [0.5, 0.6) is 0 Å². The van der Waals surface area contributed by atoms with E-state index < -0.39 is 0 Å². The molecule has 1 aliphatic heterocycles. The standard InChI is InChI=1S/C21H24ClN3O2/c1-15(21(27)23-19-7-5-18(22)6-8-19)24-11-13-25(14-12-24)20-9-3-17(4-10-20)16(2)26/h3-10,15H,11-14H2,1-2H3,(H,23,27)/t15-/m0/s1. The second-order valence-electron chi connectivity index (χ2n) is 6.80. The van der Waals surface area contributed by atoms with Crippen LogP contribution in [-0.4, -0.2) is 48.8 Å². The van der Waals surface area contributed by atoms with Crippen LogP contribution in [0.3, 0.4) is 0 Å². The number of nitrogens with zero attached hydrogens (tertiary/aromatic N) is 2. The summed E-state index contributed by atoms with van der Waals surface area (Å²) in [5.41, 5.74) is 2.59. The molecule has 0 saturated carbocycles. The van der Waals surface area contributed by atoms with Crippen molar-refractivity contribution in [2.75, 3.05) is 36.4 Å². The van der Waals surface area contributed by atoms with Gasteiger partial charge in [-0.3, -0.25) is 14.5 Å². The maximum atomic E-state index is 12.5. The Labute approximate surface area is 164 Å². The molecule has 1 heterocycles. The van der Waals surface area contributed by atoms with Crippen molar-refractivity contribution >= 4 is 34.7 Å². The summed E-state index contributed by atoms with van der Waals surface area (Å²) in [6.45, 7) is 6.82. The third kappa shape index (κ3) is 4.87. The highest BCUT2D eigenvalue weighted by atomic mass is 35.5. The molecule has 1 fully saturated rings. The Morgan fingerprint density at radius 3 is 2.11 bits per heavy atom. The molecule has 2 aromatic carbocycles. The summed E-state index contributed by atoms with van der Waals surface area (Å²) in [6, 6.07) is 14.6. The molecule has 6 heteroatoms. The van der Waals surface area contributed by atoms with Gasteiger partial charge in [0.2, 0.25) is 5.91 Å². The molecule has 1 amide bonds. The summed E-state index contributed by atoms with van der Waals surface area (Å²) in [4.78, 5) is 28.4. The second kappa shape index (κ2) is 8.55. The lowest BCUT2D eigenvalue weighted by atomic mass is 10.1. The number of carbonyl (C=O) groups excluding carboxylic acids is 2. The van der Waals surface area contributed by atoms with Crippen molar-refractivity contribution in [3.8, 4) is 0 Å². The normalized spacial score (nSPS) is 16.0. The molecule has 0 aliphatic carbocycles. The number of ketones is 1. The van der Waals surface area contributed by atoms with Crippen molar-refractivity contribution < 1.29 is 9.59 Å². The zero-order valence-electron chi connectivity index (χ0n) is 15.6. The molecule has 0 aromatic heterocycles. The number of hydrogen-bond acceptors (Lipinski definition) is 4. The van der Waals surface area contributed by atoms with Gasteiger partial charge in [0, 0.05) is 48.1 Å². The second-order valence-corrected chi connectivity index (χ2v) is 7.23. The lowest BCUT2D eigenvalue weighted by molar-refractivity contribution is -0.120. The van der Waals surface area contributed by atoms with E-state index in [-0.39, 0.29) is 17.7 Å². The fourth-order valence-corrected chi connectivity index (χ4v) is 3.35. The first-order valence-corrected chi connectivity index (χ1v) is 9.48. The van der Waals surface area contributed by atoms with Crippen LogP contribution in [0, 0.1) is 0 Å². The first-order valence-electron chi connectivity index (χ1n) is 9.10. The van der Waals surface area contributed by atoms with Crippen molar-refractivity contribution in [2.45, 2.75) is 19.9 Å². The van der Waals surface area contributed by atoms with Crippen molar-refractivity contribution in [1.29, 1.82) is 0 Å². The van der Waals surface area contributed by atoms with Crippen LogP contribution < -0.4 is 10.2 Å². The molecule has 0 spiro atoms. The van der Waals surface area contributed by atoms with Gasteiger partial charge in [-0.15, -0.1) is 0 Å². The number of benzene rings is 2. The molecule has 1 N–H and O–H groups in total. The van der Waals surface area contributed by atoms with Gasteiger partial charge in [0.15, 0.2) is 5.78 Å². The van der Waals surface area contributed by atoms with Crippen LogP contribution in [-0.2, 0) is 4.79 Å². The number of carbonyl (C=O) groups is 2. The molecule has 3 rings (SSSR count). The molecule has 1 atom stereocenters. The Morgan fingerprint density at radius 1 is 0.963 bits per heavy atom. The van der Waals surface area contributed by atoms with Crippen LogP contribution in [0.25, 0.3) is 0 Å². The van der Waals surface area contributed by atoms with Gasteiger partial charge in [0.1, 0.15) is 0 Å². The Kier molecular flexibility index (Phi) is 6.14. The van der Waals surface area contributed by atoms with Gasteiger partial charge >= 0.3 is 0 Å². The number of amides is 1. The maximum absolute atomic E-state index is 12.5. The van der Waals surface area contributed by atoms with E-state index in [2.05, 4.69) is 15.1 Å². The fraction of sp³-hybridized carbons (Fsp3) is 0.333. The van der Waals surface area contributed by atoms with E-state index in [1.165, 1.54) is 0 Å². The number of halogens is 1. The summed E-state index contributed by atoms with van der Waals surface area (Å²) >= 11 is 5.88. The molecule has 1 aliphatic rings.